The van der Waals surface area contributed by atoms with Gasteiger partial charge in [0.1, 0.15) is 0 Å². The largest absolute Gasteiger partial charge is 0.376 e. The van der Waals surface area contributed by atoms with E-state index in [2.05, 4.69) is 37.7 Å². The summed E-state index contributed by atoms with van der Waals surface area (Å²) in [5, 5.41) is 4.55. The van der Waals surface area contributed by atoms with E-state index in [1.165, 1.54) is 17.2 Å². The summed E-state index contributed by atoms with van der Waals surface area (Å²) in [6, 6.07) is 6.47. The first-order valence-electron chi connectivity index (χ1n) is 8.68. The molecule has 1 amide bonds. The first-order chi connectivity index (χ1) is 12.0. The van der Waals surface area contributed by atoms with Crippen LogP contribution in [0.2, 0.25) is 0 Å². The Balaban J connectivity index is 1.98. The molecule has 0 bridgehead atoms. The van der Waals surface area contributed by atoms with Crippen LogP contribution in [0.1, 0.15) is 42.3 Å². The lowest BCUT2D eigenvalue weighted by Crippen LogP contribution is -2.30. The molecular weight excluding hydrogens is 314 g/mol. The number of anilines is 1. The molecule has 0 N–H and O–H groups in total. The van der Waals surface area contributed by atoms with E-state index in [0.717, 1.165) is 30.0 Å². The van der Waals surface area contributed by atoms with Crippen LogP contribution < -0.4 is 4.90 Å². The van der Waals surface area contributed by atoms with Crippen LogP contribution in [0.15, 0.2) is 37.1 Å². The molecular formula is C20H25N3O2. The van der Waals surface area contributed by atoms with Crippen molar-refractivity contribution in [1.82, 2.24) is 9.78 Å². The molecule has 0 fully saturated rings. The van der Waals surface area contributed by atoms with Gasteiger partial charge >= 0.3 is 0 Å². The summed E-state index contributed by atoms with van der Waals surface area (Å²) in [6.45, 7) is 11.6. The number of aryl methyl sites for hydroxylation is 1. The van der Waals surface area contributed by atoms with Crippen molar-refractivity contribution < 1.29 is 9.53 Å². The van der Waals surface area contributed by atoms with Crippen molar-refractivity contribution in [3.63, 3.8) is 0 Å². The lowest BCUT2D eigenvalue weighted by Gasteiger charge is -2.25. The third-order valence-corrected chi connectivity index (χ3v) is 4.60. The van der Waals surface area contributed by atoms with Gasteiger partial charge < -0.3 is 9.64 Å². The first-order valence-corrected chi connectivity index (χ1v) is 8.68. The van der Waals surface area contributed by atoms with Crippen LogP contribution >= 0.6 is 0 Å². The fourth-order valence-corrected chi connectivity index (χ4v) is 3.21. The number of carbonyl (C=O) groups excluding carboxylic acids is 1. The topological polar surface area (TPSA) is 47.4 Å². The standard InChI is InChI=1S/C20H25N3O2/c1-5-20(24)22(19-12-23(14(2)3)21-15(19)4)11-16-7-6-8-17-13-25-10-9-18(16)17/h5-8,12,14H,1,9-11,13H2,2-4H3. The van der Waals surface area contributed by atoms with E-state index in [1.807, 2.05) is 23.9 Å². The molecule has 0 saturated heterocycles. The molecule has 1 aromatic carbocycles. The summed E-state index contributed by atoms with van der Waals surface area (Å²) in [4.78, 5) is 14.3. The number of nitrogens with zero attached hydrogens (tertiary/aromatic N) is 3. The van der Waals surface area contributed by atoms with Crippen molar-refractivity contribution in [3.05, 3.63) is 59.4 Å². The van der Waals surface area contributed by atoms with Crippen LogP contribution in [0, 0.1) is 6.92 Å². The number of aromatic nitrogens is 2. The van der Waals surface area contributed by atoms with E-state index in [0.29, 0.717) is 13.2 Å². The van der Waals surface area contributed by atoms with E-state index >= 15 is 0 Å². The van der Waals surface area contributed by atoms with Gasteiger partial charge in [-0.3, -0.25) is 9.48 Å². The Labute approximate surface area is 148 Å². The molecule has 1 aliphatic heterocycles. The molecule has 0 unspecified atom stereocenters. The van der Waals surface area contributed by atoms with Gasteiger partial charge in [-0.15, -0.1) is 0 Å². The highest BCUT2D eigenvalue weighted by Gasteiger charge is 2.22. The Hall–Kier alpha value is -2.40. The number of rotatable bonds is 5. The van der Waals surface area contributed by atoms with E-state index < -0.39 is 0 Å². The average Bonchev–Trinajstić information content (AvgIpc) is 3.01. The molecule has 3 rings (SSSR count). The Kier molecular flexibility index (Phi) is 5.04. The van der Waals surface area contributed by atoms with Gasteiger partial charge in [0, 0.05) is 12.2 Å². The number of carbonyl (C=O) groups is 1. The van der Waals surface area contributed by atoms with Crippen molar-refractivity contribution in [2.75, 3.05) is 11.5 Å². The molecule has 0 atom stereocenters. The minimum Gasteiger partial charge on any atom is -0.376 e. The van der Waals surface area contributed by atoms with Gasteiger partial charge in [0.25, 0.3) is 5.91 Å². The molecule has 0 spiro atoms. The Morgan fingerprint density at radius 3 is 2.96 bits per heavy atom. The third-order valence-electron chi connectivity index (χ3n) is 4.60. The molecule has 5 heteroatoms. The predicted molar refractivity (Wildman–Crippen MR) is 98.5 cm³/mol. The SMILES string of the molecule is C=CC(=O)N(Cc1cccc2c1CCOC2)c1cn(C(C)C)nc1C. The van der Waals surface area contributed by atoms with E-state index in [1.54, 1.807) is 4.90 Å². The monoisotopic (exact) mass is 339 g/mol. The molecule has 2 heterocycles. The normalized spacial score (nSPS) is 13.6. The highest BCUT2D eigenvalue weighted by molar-refractivity contribution is 6.01. The second kappa shape index (κ2) is 7.23. The van der Waals surface area contributed by atoms with Gasteiger partial charge in [-0.2, -0.15) is 5.10 Å². The van der Waals surface area contributed by atoms with Crippen molar-refractivity contribution >= 4 is 11.6 Å². The number of amides is 1. The zero-order chi connectivity index (χ0) is 18.0. The molecule has 25 heavy (non-hydrogen) atoms. The Morgan fingerprint density at radius 2 is 2.28 bits per heavy atom. The summed E-state index contributed by atoms with van der Waals surface area (Å²) in [5.74, 6) is -0.115. The highest BCUT2D eigenvalue weighted by Crippen LogP contribution is 2.27. The second-order valence-corrected chi connectivity index (χ2v) is 6.66. The second-order valence-electron chi connectivity index (χ2n) is 6.66. The van der Waals surface area contributed by atoms with Gasteiger partial charge in [-0.25, -0.2) is 0 Å². The highest BCUT2D eigenvalue weighted by atomic mass is 16.5. The average molecular weight is 339 g/mol. The Morgan fingerprint density at radius 1 is 1.48 bits per heavy atom. The molecule has 0 radical (unpaired) electrons. The van der Waals surface area contributed by atoms with Crippen molar-refractivity contribution in [1.29, 1.82) is 0 Å². The molecule has 1 aromatic heterocycles. The number of fused-ring (bicyclic) bond motifs is 1. The van der Waals surface area contributed by atoms with Gasteiger partial charge in [-0.1, -0.05) is 24.8 Å². The number of hydrogen-bond donors (Lipinski definition) is 0. The number of hydrogen-bond acceptors (Lipinski definition) is 3. The van der Waals surface area contributed by atoms with Crippen molar-refractivity contribution in [3.8, 4) is 0 Å². The van der Waals surface area contributed by atoms with E-state index in [9.17, 15) is 4.79 Å². The molecule has 132 valence electrons. The zero-order valence-electron chi connectivity index (χ0n) is 15.2. The number of benzene rings is 1. The van der Waals surface area contributed by atoms with Crippen LogP contribution in [0.5, 0.6) is 0 Å². The minimum atomic E-state index is -0.115. The van der Waals surface area contributed by atoms with Crippen molar-refractivity contribution in [2.24, 2.45) is 0 Å². The zero-order valence-corrected chi connectivity index (χ0v) is 15.2. The first kappa shape index (κ1) is 17.4. The quantitative estimate of drug-likeness (QED) is 0.783. The Bertz CT molecular complexity index is 792. The van der Waals surface area contributed by atoms with Crippen LogP contribution in [0.25, 0.3) is 0 Å². The third kappa shape index (κ3) is 3.51. The summed E-state index contributed by atoms with van der Waals surface area (Å²) in [5.41, 5.74) is 5.35. The van der Waals surface area contributed by atoms with Gasteiger partial charge in [-0.05, 0) is 50.0 Å². The van der Waals surface area contributed by atoms with Crippen LogP contribution in [0.3, 0.4) is 0 Å². The molecule has 0 saturated carbocycles. The molecule has 5 nitrogen and oxygen atoms in total. The number of ether oxygens (including phenoxy) is 1. The lowest BCUT2D eigenvalue weighted by atomic mass is 9.96. The van der Waals surface area contributed by atoms with Gasteiger partial charge in [0.2, 0.25) is 0 Å². The maximum absolute atomic E-state index is 12.6. The van der Waals surface area contributed by atoms with Crippen LogP contribution in [0.4, 0.5) is 5.69 Å². The molecule has 1 aliphatic rings. The predicted octanol–water partition coefficient (Wildman–Crippen LogP) is 3.56. The lowest BCUT2D eigenvalue weighted by molar-refractivity contribution is -0.114. The fraction of sp³-hybridized carbons (Fsp3) is 0.400. The summed E-state index contributed by atoms with van der Waals surface area (Å²) < 4.78 is 7.44. The summed E-state index contributed by atoms with van der Waals surface area (Å²) in [6.07, 6.45) is 4.19. The van der Waals surface area contributed by atoms with E-state index in [-0.39, 0.29) is 11.9 Å². The summed E-state index contributed by atoms with van der Waals surface area (Å²) >= 11 is 0. The minimum absolute atomic E-state index is 0.115. The van der Waals surface area contributed by atoms with Gasteiger partial charge in [0.05, 0.1) is 31.1 Å². The maximum Gasteiger partial charge on any atom is 0.250 e. The fourth-order valence-electron chi connectivity index (χ4n) is 3.21. The smallest absolute Gasteiger partial charge is 0.250 e. The molecule has 2 aromatic rings. The van der Waals surface area contributed by atoms with Crippen molar-refractivity contribution in [2.45, 2.75) is 46.4 Å². The summed E-state index contributed by atoms with van der Waals surface area (Å²) in [7, 11) is 0. The maximum atomic E-state index is 12.6. The van der Waals surface area contributed by atoms with E-state index in [4.69, 9.17) is 4.74 Å². The van der Waals surface area contributed by atoms with Crippen LogP contribution in [-0.4, -0.2) is 22.3 Å². The van der Waals surface area contributed by atoms with Crippen LogP contribution in [-0.2, 0) is 29.1 Å². The van der Waals surface area contributed by atoms with Gasteiger partial charge in [0.15, 0.2) is 0 Å². The molecule has 0 aliphatic carbocycles.